The minimum atomic E-state index is -0.639. The minimum absolute atomic E-state index is 0.141. The molecule has 0 fully saturated rings. The second kappa shape index (κ2) is 18.3. The molecular weight excluding hydrogens is 220 g/mol. The maximum Gasteiger partial charge on any atom is 0.273 e. The van der Waals surface area contributed by atoms with Crippen LogP contribution in [0.1, 0.15) is 33.6 Å². The van der Waals surface area contributed by atoms with E-state index < -0.39 is 5.24 Å². The van der Waals surface area contributed by atoms with Gasteiger partial charge in [0.25, 0.3) is 10.4 Å². The summed E-state index contributed by atoms with van der Waals surface area (Å²) in [5.74, 6) is 0. The van der Waals surface area contributed by atoms with E-state index in [1.54, 1.807) is 0 Å². The van der Waals surface area contributed by atoms with Gasteiger partial charge in [-0.25, -0.2) is 0 Å². The smallest absolute Gasteiger partial charge is 0.273 e. The molecule has 0 unspecified atom stereocenters. The Morgan fingerprint density at radius 2 is 1.64 bits per heavy atom. The zero-order valence-corrected chi connectivity index (χ0v) is 10.7. The molecule has 0 aliphatic heterocycles. The summed E-state index contributed by atoms with van der Waals surface area (Å²) in [7, 11) is 0. The summed E-state index contributed by atoms with van der Waals surface area (Å²) in [5, 5.41) is -0.498. The molecule has 4 N–H and O–H groups in total. The molecule has 0 rings (SSSR count). The summed E-state index contributed by atoms with van der Waals surface area (Å²) in [4.78, 5) is 9.09. The maximum absolute atomic E-state index is 9.09. The number of carbonyl (C=O) groups excluding carboxylic acids is 1. The highest BCUT2D eigenvalue weighted by Crippen LogP contribution is 1.77. The van der Waals surface area contributed by atoms with Crippen LogP contribution in [0.3, 0.4) is 0 Å². The van der Waals surface area contributed by atoms with Crippen LogP contribution in [-0.4, -0.2) is 17.0 Å². The van der Waals surface area contributed by atoms with Crippen molar-refractivity contribution in [3.05, 3.63) is 0 Å². The largest absolute Gasteiger partial charge is 0.471 e. The first-order valence-corrected chi connectivity index (χ1v) is 5.18. The van der Waals surface area contributed by atoms with Gasteiger partial charge in [0.2, 0.25) is 0 Å². The summed E-state index contributed by atoms with van der Waals surface area (Å²) in [5.41, 5.74) is 9.32. The van der Waals surface area contributed by atoms with Crippen LogP contribution in [0.4, 0.5) is 4.79 Å². The Kier molecular flexibility index (Phi) is 25.1. The number of hydrogen-bond acceptors (Lipinski definition) is 3. The van der Waals surface area contributed by atoms with E-state index in [9.17, 15) is 0 Å². The van der Waals surface area contributed by atoms with Crippen molar-refractivity contribution in [3.8, 4) is 0 Å². The monoisotopic (exact) mass is 240 g/mol. The van der Waals surface area contributed by atoms with Gasteiger partial charge >= 0.3 is 0 Å². The number of carbonyl (C=O) groups is 1. The van der Waals surface area contributed by atoms with Crippen LogP contribution in [0.2, 0.25) is 0 Å². The summed E-state index contributed by atoms with van der Waals surface area (Å²) >= 11 is 7.52. The van der Waals surface area contributed by atoms with Crippen molar-refractivity contribution < 1.29 is 9.53 Å². The van der Waals surface area contributed by atoms with Crippen LogP contribution < -0.4 is 11.5 Å². The zero-order chi connectivity index (χ0) is 12.0. The van der Waals surface area contributed by atoms with Crippen molar-refractivity contribution >= 4 is 35.3 Å². The van der Waals surface area contributed by atoms with E-state index in [4.69, 9.17) is 15.3 Å². The van der Waals surface area contributed by atoms with E-state index in [2.05, 4.69) is 44.4 Å². The molecule has 0 aromatic rings. The van der Waals surface area contributed by atoms with E-state index in [-0.39, 0.29) is 5.17 Å². The van der Waals surface area contributed by atoms with Crippen LogP contribution in [0.25, 0.3) is 0 Å². The van der Waals surface area contributed by atoms with Gasteiger partial charge in [0.15, 0.2) is 0 Å². The first kappa shape index (κ1) is 19.1. The molecule has 0 aromatic heterocycles. The lowest BCUT2D eigenvalue weighted by Crippen LogP contribution is -2.12. The van der Waals surface area contributed by atoms with E-state index in [0.29, 0.717) is 6.61 Å². The third kappa shape index (κ3) is 103. The Balaban J connectivity index is -0.000000147. The molecule has 0 aromatic carbocycles. The van der Waals surface area contributed by atoms with Gasteiger partial charge < -0.3 is 16.2 Å². The van der Waals surface area contributed by atoms with Gasteiger partial charge in [-0.05, 0) is 18.6 Å². The van der Waals surface area contributed by atoms with Crippen molar-refractivity contribution in [3.63, 3.8) is 0 Å². The summed E-state index contributed by atoms with van der Waals surface area (Å²) in [6.07, 6.45) is 2.21. The number of thiocarbonyl (C=S) groups is 1. The predicted molar refractivity (Wildman–Crippen MR) is 67.6 cm³/mol. The quantitative estimate of drug-likeness (QED) is 0.510. The number of nitrogens with two attached hydrogens (primary N) is 2. The third-order valence-corrected chi connectivity index (χ3v) is 0.566. The highest BCUT2D eigenvalue weighted by Gasteiger charge is 1.81. The molecule has 1 amide bonds. The number of rotatable bonds is 2. The lowest BCUT2D eigenvalue weighted by molar-refractivity contribution is 0.267. The normalized spacial score (nSPS) is 7.14. The molecule has 0 saturated carbocycles. The van der Waals surface area contributed by atoms with Crippen LogP contribution in [0.15, 0.2) is 0 Å². The fourth-order valence-corrected chi connectivity index (χ4v) is 0.286. The van der Waals surface area contributed by atoms with Crippen molar-refractivity contribution in [1.82, 2.24) is 0 Å². The number of hydrogen-bond donors (Lipinski definition) is 3. The fourth-order valence-electron chi connectivity index (χ4n) is 0.203. The molecule has 6 heteroatoms. The van der Waals surface area contributed by atoms with Gasteiger partial charge in [-0.2, -0.15) is 0 Å². The standard InChI is InChI=1S/C4H9NOS.C3H8.CH3NOS/c1-2-3-6-4(5)7;1-3-2;2-1(3)4/h2-3H2,1H3,(H2,5,7);3H2,1-2H3;(H3,2,3,4). The lowest BCUT2D eigenvalue weighted by atomic mass is 10.5. The van der Waals surface area contributed by atoms with Gasteiger partial charge in [-0.1, -0.05) is 39.8 Å². The van der Waals surface area contributed by atoms with Crippen molar-refractivity contribution in [2.24, 2.45) is 11.5 Å². The van der Waals surface area contributed by atoms with E-state index in [1.165, 1.54) is 6.42 Å². The maximum atomic E-state index is 9.09. The van der Waals surface area contributed by atoms with Crippen LogP contribution >= 0.6 is 24.8 Å². The van der Waals surface area contributed by atoms with Crippen LogP contribution in [0.5, 0.6) is 0 Å². The minimum Gasteiger partial charge on any atom is -0.471 e. The van der Waals surface area contributed by atoms with Crippen LogP contribution in [0, 0.1) is 0 Å². The molecule has 0 bridgehead atoms. The summed E-state index contributed by atoms with van der Waals surface area (Å²) in [6, 6.07) is 0. The SMILES string of the molecule is CCC.CCCOC(N)=S.NC(=O)S. The highest BCUT2D eigenvalue weighted by molar-refractivity contribution is 7.96. The van der Waals surface area contributed by atoms with Gasteiger partial charge in [0.1, 0.15) is 0 Å². The summed E-state index contributed by atoms with van der Waals surface area (Å²) < 4.78 is 4.70. The van der Waals surface area contributed by atoms with Gasteiger partial charge in [-0.3, -0.25) is 4.79 Å². The summed E-state index contributed by atoms with van der Waals surface area (Å²) in [6.45, 7) is 6.88. The molecule has 0 atom stereocenters. The van der Waals surface area contributed by atoms with E-state index >= 15 is 0 Å². The topological polar surface area (TPSA) is 78.3 Å². The molecule has 0 aliphatic rings. The Labute approximate surface area is 96.8 Å². The third-order valence-electron chi connectivity index (χ3n) is 0.448. The van der Waals surface area contributed by atoms with Gasteiger partial charge in [0.05, 0.1) is 6.61 Å². The van der Waals surface area contributed by atoms with Gasteiger partial charge in [-0.15, -0.1) is 0 Å². The second-order valence-corrected chi connectivity index (χ2v) is 3.06. The Morgan fingerprint density at radius 3 is 1.71 bits per heavy atom. The molecular formula is C8H20N2O2S2. The molecule has 0 radical (unpaired) electrons. The number of ether oxygens (including phenoxy) is 1. The van der Waals surface area contributed by atoms with Crippen LogP contribution in [-0.2, 0) is 4.74 Å². The molecule has 0 saturated heterocycles. The molecule has 4 nitrogen and oxygen atoms in total. The first-order chi connectivity index (χ1) is 6.42. The fraction of sp³-hybridized carbons (Fsp3) is 0.750. The molecule has 0 aliphatic carbocycles. The molecule has 0 heterocycles. The van der Waals surface area contributed by atoms with Gasteiger partial charge in [0, 0.05) is 0 Å². The average molecular weight is 240 g/mol. The highest BCUT2D eigenvalue weighted by atomic mass is 32.1. The molecule has 14 heavy (non-hydrogen) atoms. The Morgan fingerprint density at radius 1 is 1.36 bits per heavy atom. The second-order valence-electron chi connectivity index (χ2n) is 2.21. The number of primary amides is 1. The Hall–Kier alpha value is -0.490. The predicted octanol–water partition coefficient (Wildman–Crippen LogP) is 2.07. The molecule has 0 spiro atoms. The zero-order valence-electron chi connectivity index (χ0n) is 8.95. The van der Waals surface area contributed by atoms with E-state index in [1.807, 2.05) is 6.92 Å². The lowest BCUT2D eigenvalue weighted by Gasteiger charge is -1.96. The average Bonchev–Trinajstić information content (AvgIpc) is 2.01. The van der Waals surface area contributed by atoms with Crippen molar-refractivity contribution in [2.45, 2.75) is 33.6 Å². The van der Waals surface area contributed by atoms with Crippen molar-refractivity contribution in [1.29, 1.82) is 0 Å². The number of amides is 1. The first-order valence-electron chi connectivity index (χ1n) is 4.32. The molecule has 86 valence electrons. The van der Waals surface area contributed by atoms with Crippen molar-refractivity contribution in [2.75, 3.05) is 6.61 Å². The Bertz CT molecular complexity index is 139. The number of thiol groups is 1. The van der Waals surface area contributed by atoms with E-state index in [0.717, 1.165) is 6.42 Å².